The first-order valence-corrected chi connectivity index (χ1v) is 10.7. The summed E-state index contributed by atoms with van der Waals surface area (Å²) in [5.74, 6) is 0. The fourth-order valence-corrected chi connectivity index (χ4v) is 3.91. The summed E-state index contributed by atoms with van der Waals surface area (Å²) in [6.07, 6.45) is 3.07. The third-order valence-electron chi connectivity index (χ3n) is 5.48. The van der Waals surface area contributed by atoms with E-state index in [0.29, 0.717) is 13.1 Å². The van der Waals surface area contributed by atoms with Crippen molar-refractivity contribution in [1.82, 2.24) is 25.3 Å². The van der Waals surface area contributed by atoms with E-state index in [4.69, 9.17) is 10.2 Å². The number of aromatic nitrogens is 4. The molecule has 5 nitrogen and oxygen atoms in total. The third-order valence-corrected chi connectivity index (χ3v) is 5.48. The summed E-state index contributed by atoms with van der Waals surface area (Å²) in [6, 6.07) is 29.0. The normalized spacial score (nSPS) is 11.2. The molecule has 0 radical (unpaired) electrons. The van der Waals surface area contributed by atoms with E-state index in [-0.39, 0.29) is 0 Å². The molecule has 2 heterocycles. The number of hydrogen-bond acceptors (Lipinski definition) is 3. The zero-order valence-electron chi connectivity index (χ0n) is 17.3. The van der Waals surface area contributed by atoms with Gasteiger partial charge in [0.1, 0.15) is 11.4 Å². The molecule has 3 aromatic carbocycles. The van der Waals surface area contributed by atoms with Gasteiger partial charge in [-0.05, 0) is 30.2 Å². The van der Waals surface area contributed by atoms with Crippen molar-refractivity contribution in [3.8, 4) is 11.3 Å². The van der Waals surface area contributed by atoms with E-state index >= 15 is 0 Å². The van der Waals surface area contributed by atoms with Gasteiger partial charge in [0.25, 0.3) is 0 Å². The summed E-state index contributed by atoms with van der Waals surface area (Å²) >= 11 is 0. The van der Waals surface area contributed by atoms with Crippen molar-refractivity contribution in [3.05, 3.63) is 108 Å². The van der Waals surface area contributed by atoms with Crippen LogP contribution in [0.1, 0.15) is 16.8 Å². The number of nitrogens with one attached hydrogen (secondary N) is 2. The maximum Gasteiger partial charge on any atom is 0.117 e. The number of hydrogen-bond donors (Lipinski definition) is 2. The van der Waals surface area contributed by atoms with Crippen LogP contribution in [0.5, 0.6) is 0 Å². The number of rotatable bonds is 8. The van der Waals surface area contributed by atoms with Gasteiger partial charge >= 0.3 is 0 Å². The topological polar surface area (TPSA) is 58.5 Å². The Balaban J connectivity index is 1.30. The highest BCUT2D eigenvalue weighted by atomic mass is 15.5. The van der Waals surface area contributed by atoms with E-state index in [0.717, 1.165) is 29.9 Å². The van der Waals surface area contributed by atoms with Crippen LogP contribution in [0, 0.1) is 0 Å². The van der Waals surface area contributed by atoms with E-state index in [1.165, 1.54) is 22.0 Å². The zero-order valence-corrected chi connectivity index (χ0v) is 17.3. The first kappa shape index (κ1) is 19.3. The molecule has 0 fully saturated rings. The van der Waals surface area contributed by atoms with E-state index < -0.39 is 0 Å². The quantitative estimate of drug-likeness (QED) is 0.363. The van der Waals surface area contributed by atoms with E-state index in [9.17, 15) is 0 Å². The lowest BCUT2D eigenvalue weighted by Gasteiger charge is -2.04. The van der Waals surface area contributed by atoms with Crippen LogP contribution in [-0.2, 0) is 19.5 Å². The predicted molar refractivity (Wildman–Crippen MR) is 125 cm³/mol. The van der Waals surface area contributed by atoms with E-state index in [1.807, 2.05) is 36.4 Å². The van der Waals surface area contributed by atoms with Gasteiger partial charge in [-0.25, -0.2) is 0 Å². The summed E-state index contributed by atoms with van der Waals surface area (Å²) in [5.41, 5.74) is 6.72. The summed E-state index contributed by atoms with van der Waals surface area (Å²) in [7, 11) is 0. The summed E-state index contributed by atoms with van der Waals surface area (Å²) in [5, 5.41) is 14.5. The maximum absolute atomic E-state index is 4.81. The van der Waals surface area contributed by atoms with Crippen LogP contribution in [0.25, 0.3) is 22.2 Å². The number of aromatic amines is 1. The molecule has 0 saturated carbocycles. The average Bonchev–Trinajstić information content (AvgIpc) is 3.42. The van der Waals surface area contributed by atoms with Crippen LogP contribution < -0.4 is 5.32 Å². The van der Waals surface area contributed by atoms with Gasteiger partial charge in [-0.2, -0.15) is 15.0 Å². The standard InChI is InChI=1S/C26H25N5/c1-3-9-20(10-4-1)19-31-29-25(26(30-31)21-11-5-2-6-12-21)18-27-16-15-22-17-28-24-14-8-7-13-23(22)24/h1-14,17,27-28H,15-16,18-19H2. The highest BCUT2D eigenvalue weighted by molar-refractivity contribution is 5.83. The van der Waals surface area contributed by atoms with Crippen molar-refractivity contribution in [2.45, 2.75) is 19.5 Å². The molecule has 31 heavy (non-hydrogen) atoms. The van der Waals surface area contributed by atoms with E-state index in [1.54, 1.807) is 4.80 Å². The molecule has 154 valence electrons. The number of fused-ring (bicyclic) bond motifs is 1. The van der Waals surface area contributed by atoms with Crippen molar-refractivity contribution < 1.29 is 0 Å². The van der Waals surface area contributed by atoms with Crippen LogP contribution >= 0.6 is 0 Å². The Morgan fingerprint density at radius 3 is 2.39 bits per heavy atom. The average molecular weight is 408 g/mol. The lowest BCUT2D eigenvalue weighted by molar-refractivity contribution is 0.577. The van der Waals surface area contributed by atoms with Gasteiger partial charge in [0, 0.05) is 29.2 Å². The fraction of sp³-hybridized carbons (Fsp3) is 0.154. The minimum atomic E-state index is 0.663. The van der Waals surface area contributed by atoms with Gasteiger partial charge in [0.15, 0.2) is 0 Å². The van der Waals surface area contributed by atoms with Crippen molar-refractivity contribution in [2.75, 3.05) is 6.54 Å². The smallest absolute Gasteiger partial charge is 0.117 e. The molecule has 0 atom stereocenters. The van der Waals surface area contributed by atoms with Gasteiger partial charge in [0.05, 0.1) is 6.54 Å². The lowest BCUT2D eigenvalue weighted by Crippen LogP contribution is -2.17. The molecule has 0 saturated heterocycles. The number of para-hydroxylation sites is 1. The van der Waals surface area contributed by atoms with Crippen LogP contribution in [0.15, 0.2) is 91.1 Å². The van der Waals surface area contributed by atoms with Crippen molar-refractivity contribution in [1.29, 1.82) is 0 Å². The third kappa shape index (κ3) is 4.42. The monoisotopic (exact) mass is 407 g/mol. The number of benzene rings is 3. The fourth-order valence-electron chi connectivity index (χ4n) is 3.91. The minimum Gasteiger partial charge on any atom is -0.361 e. The van der Waals surface area contributed by atoms with Gasteiger partial charge in [-0.1, -0.05) is 78.9 Å². The Morgan fingerprint density at radius 1 is 0.806 bits per heavy atom. The molecule has 5 rings (SSSR count). The molecule has 2 aromatic heterocycles. The Labute approximate surface area is 181 Å². The molecule has 0 unspecified atom stereocenters. The Kier molecular flexibility index (Phi) is 5.58. The predicted octanol–water partition coefficient (Wildman–Crippen LogP) is 4.81. The number of H-pyrrole nitrogens is 1. The van der Waals surface area contributed by atoms with Crippen molar-refractivity contribution in [2.24, 2.45) is 0 Å². The first-order chi connectivity index (χ1) is 15.4. The van der Waals surface area contributed by atoms with Crippen LogP contribution in [0.2, 0.25) is 0 Å². The molecular formula is C26H25N5. The highest BCUT2D eigenvalue weighted by Gasteiger charge is 2.13. The summed E-state index contributed by atoms with van der Waals surface area (Å²) in [6.45, 7) is 2.22. The Bertz CT molecular complexity index is 1250. The van der Waals surface area contributed by atoms with Crippen molar-refractivity contribution in [3.63, 3.8) is 0 Å². The van der Waals surface area contributed by atoms with Crippen LogP contribution in [0.4, 0.5) is 0 Å². The number of nitrogens with zero attached hydrogens (tertiary/aromatic N) is 3. The molecule has 0 spiro atoms. The second-order valence-electron chi connectivity index (χ2n) is 7.66. The van der Waals surface area contributed by atoms with Gasteiger partial charge in [0.2, 0.25) is 0 Å². The molecule has 5 heteroatoms. The SMILES string of the molecule is c1ccc(Cn2nc(CNCCc3c[nH]c4ccccc34)c(-c3ccccc3)n2)cc1. The van der Waals surface area contributed by atoms with Gasteiger partial charge in [-0.3, -0.25) is 0 Å². The summed E-state index contributed by atoms with van der Waals surface area (Å²) < 4.78 is 0. The largest absolute Gasteiger partial charge is 0.361 e. The highest BCUT2D eigenvalue weighted by Crippen LogP contribution is 2.21. The summed E-state index contributed by atoms with van der Waals surface area (Å²) in [4.78, 5) is 5.15. The second kappa shape index (κ2) is 8.98. The second-order valence-corrected chi connectivity index (χ2v) is 7.66. The molecule has 5 aromatic rings. The molecule has 0 amide bonds. The maximum atomic E-state index is 4.81. The Hall–Kier alpha value is -3.70. The van der Waals surface area contributed by atoms with Crippen LogP contribution in [0.3, 0.4) is 0 Å². The molecule has 0 aliphatic carbocycles. The van der Waals surface area contributed by atoms with E-state index in [2.05, 4.69) is 65.0 Å². The minimum absolute atomic E-state index is 0.663. The van der Waals surface area contributed by atoms with Crippen molar-refractivity contribution >= 4 is 10.9 Å². The molecule has 0 bridgehead atoms. The molecule has 0 aliphatic rings. The van der Waals surface area contributed by atoms with Gasteiger partial charge in [-0.15, -0.1) is 0 Å². The lowest BCUT2D eigenvalue weighted by atomic mass is 10.1. The zero-order chi connectivity index (χ0) is 20.9. The molecule has 2 N–H and O–H groups in total. The first-order valence-electron chi connectivity index (χ1n) is 10.7. The Morgan fingerprint density at radius 2 is 1.55 bits per heavy atom. The van der Waals surface area contributed by atoms with Gasteiger partial charge < -0.3 is 10.3 Å². The van der Waals surface area contributed by atoms with Crippen LogP contribution in [-0.4, -0.2) is 26.5 Å². The molecular weight excluding hydrogens is 382 g/mol. The molecule has 0 aliphatic heterocycles.